The summed E-state index contributed by atoms with van der Waals surface area (Å²) in [5.41, 5.74) is 0.430. The molecule has 1 fully saturated rings. The maximum atomic E-state index is 4.27. The number of aliphatic imine (C=N–C) groups is 1. The minimum Gasteiger partial charge on any atom is -0.356 e. The van der Waals surface area contributed by atoms with Crippen molar-refractivity contribution in [3.8, 4) is 0 Å². The fraction of sp³-hybridized carbons (Fsp3) is 0.929. The van der Waals surface area contributed by atoms with E-state index >= 15 is 0 Å². The van der Waals surface area contributed by atoms with Gasteiger partial charge in [-0.25, -0.2) is 0 Å². The van der Waals surface area contributed by atoms with Crippen LogP contribution in [0.5, 0.6) is 0 Å². The number of hydrogen-bond acceptors (Lipinski definition) is 2. The van der Waals surface area contributed by atoms with Gasteiger partial charge in [0.15, 0.2) is 5.96 Å². The molecule has 1 aliphatic rings. The molecular weight excluding hydrogens is 369 g/mol. The van der Waals surface area contributed by atoms with Gasteiger partial charge in [-0.2, -0.15) is 11.8 Å². The molecule has 1 rings (SSSR count). The van der Waals surface area contributed by atoms with Gasteiger partial charge in [-0.3, -0.25) is 4.99 Å². The van der Waals surface area contributed by atoms with Gasteiger partial charge in [0.2, 0.25) is 0 Å². The van der Waals surface area contributed by atoms with Crippen molar-refractivity contribution in [3.63, 3.8) is 0 Å². The van der Waals surface area contributed by atoms with Crippen LogP contribution in [0.1, 0.15) is 46.5 Å². The van der Waals surface area contributed by atoms with Crippen LogP contribution in [-0.2, 0) is 0 Å². The van der Waals surface area contributed by atoms with Crippen LogP contribution in [0.15, 0.2) is 4.99 Å². The van der Waals surface area contributed by atoms with Gasteiger partial charge in [0.05, 0.1) is 0 Å². The second kappa shape index (κ2) is 10.1. The first-order chi connectivity index (χ1) is 8.51. The molecule has 3 nitrogen and oxygen atoms in total. The van der Waals surface area contributed by atoms with E-state index in [9.17, 15) is 0 Å². The lowest BCUT2D eigenvalue weighted by molar-refractivity contribution is 0.365. The van der Waals surface area contributed by atoms with Gasteiger partial charge in [-0.05, 0) is 36.9 Å². The molecule has 19 heavy (non-hydrogen) atoms. The summed E-state index contributed by atoms with van der Waals surface area (Å²) in [6, 6.07) is 0. The molecule has 1 aliphatic heterocycles. The molecule has 1 heterocycles. The number of halogens is 1. The summed E-state index contributed by atoms with van der Waals surface area (Å²) in [4.78, 5) is 4.27. The zero-order valence-corrected chi connectivity index (χ0v) is 15.9. The highest BCUT2D eigenvalue weighted by Crippen LogP contribution is 2.25. The van der Waals surface area contributed by atoms with Crippen molar-refractivity contribution in [1.29, 1.82) is 0 Å². The first-order valence-electron chi connectivity index (χ1n) is 7.07. The highest BCUT2D eigenvalue weighted by atomic mass is 127. The summed E-state index contributed by atoms with van der Waals surface area (Å²) >= 11 is 2.08. The fourth-order valence-electron chi connectivity index (χ4n) is 2.06. The van der Waals surface area contributed by atoms with E-state index in [1.165, 1.54) is 31.4 Å². The zero-order chi connectivity index (χ0) is 13.4. The lowest BCUT2D eigenvalue weighted by atomic mass is 9.91. The van der Waals surface area contributed by atoms with Gasteiger partial charge in [0.1, 0.15) is 0 Å². The van der Waals surface area contributed by atoms with Crippen LogP contribution in [0.25, 0.3) is 0 Å². The molecule has 114 valence electrons. The number of nitrogens with one attached hydrogen (secondary N) is 2. The van der Waals surface area contributed by atoms with Crippen LogP contribution in [0.4, 0.5) is 0 Å². The summed E-state index contributed by atoms with van der Waals surface area (Å²) < 4.78 is 0. The lowest BCUT2D eigenvalue weighted by Crippen LogP contribution is -2.40. The third kappa shape index (κ3) is 9.82. The van der Waals surface area contributed by atoms with Gasteiger partial charge in [-0.15, -0.1) is 24.0 Å². The Labute approximate surface area is 140 Å². The normalized spacial score (nSPS) is 20.0. The van der Waals surface area contributed by atoms with E-state index in [1.807, 2.05) is 7.05 Å². The molecule has 0 aromatic rings. The zero-order valence-electron chi connectivity index (χ0n) is 12.8. The highest BCUT2D eigenvalue weighted by molar-refractivity contribution is 14.0. The Morgan fingerprint density at radius 1 is 1.32 bits per heavy atom. The van der Waals surface area contributed by atoms with Crippen LogP contribution in [0, 0.1) is 5.41 Å². The number of hydrogen-bond donors (Lipinski definition) is 2. The van der Waals surface area contributed by atoms with Crippen molar-refractivity contribution in [1.82, 2.24) is 10.6 Å². The third-order valence-corrected chi connectivity index (χ3v) is 4.54. The summed E-state index contributed by atoms with van der Waals surface area (Å²) in [7, 11) is 1.85. The van der Waals surface area contributed by atoms with Crippen LogP contribution in [0.3, 0.4) is 0 Å². The van der Waals surface area contributed by atoms with E-state index in [1.54, 1.807) is 0 Å². The highest BCUT2D eigenvalue weighted by Gasteiger charge is 2.15. The van der Waals surface area contributed by atoms with E-state index in [0.717, 1.165) is 24.3 Å². The summed E-state index contributed by atoms with van der Waals surface area (Å²) in [5, 5.41) is 7.60. The molecule has 5 heteroatoms. The van der Waals surface area contributed by atoms with Crippen LogP contribution < -0.4 is 10.6 Å². The van der Waals surface area contributed by atoms with Crippen LogP contribution >= 0.6 is 35.7 Å². The first-order valence-corrected chi connectivity index (χ1v) is 8.12. The molecule has 0 aliphatic carbocycles. The Morgan fingerprint density at radius 2 is 2.05 bits per heavy atom. The molecule has 0 amide bonds. The van der Waals surface area contributed by atoms with Crippen molar-refractivity contribution in [3.05, 3.63) is 0 Å². The quantitative estimate of drug-likeness (QED) is 0.322. The average molecular weight is 399 g/mol. The van der Waals surface area contributed by atoms with Gasteiger partial charge < -0.3 is 10.6 Å². The van der Waals surface area contributed by atoms with Crippen molar-refractivity contribution in [2.24, 2.45) is 10.4 Å². The molecule has 0 radical (unpaired) electrons. The SMILES string of the molecule is CN=C(NCCCC(C)(C)C)NCC1CCCS1.I. The maximum absolute atomic E-state index is 4.27. The molecule has 2 N–H and O–H groups in total. The molecule has 0 aromatic heterocycles. The summed E-state index contributed by atoms with van der Waals surface area (Å²) in [5.74, 6) is 2.28. The predicted octanol–water partition coefficient (Wildman–Crippen LogP) is 3.49. The smallest absolute Gasteiger partial charge is 0.191 e. The molecule has 1 unspecified atom stereocenters. The Kier molecular flexibility index (Phi) is 10.3. The van der Waals surface area contributed by atoms with Gasteiger partial charge >= 0.3 is 0 Å². The van der Waals surface area contributed by atoms with Gasteiger partial charge in [0.25, 0.3) is 0 Å². The Bertz CT molecular complexity index is 258. The maximum Gasteiger partial charge on any atom is 0.191 e. The van der Waals surface area contributed by atoms with E-state index in [4.69, 9.17) is 0 Å². The number of guanidine groups is 1. The second-order valence-electron chi connectivity index (χ2n) is 6.18. The monoisotopic (exact) mass is 399 g/mol. The Morgan fingerprint density at radius 3 is 2.58 bits per heavy atom. The number of thioether (sulfide) groups is 1. The Hall–Kier alpha value is 0.350. The third-order valence-electron chi connectivity index (χ3n) is 3.14. The number of rotatable bonds is 5. The Balaban J connectivity index is 0.00000324. The van der Waals surface area contributed by atoms with E-state index in [2.05, 4.69) is 48.2 Å². The van der Waals surface area contributed by atoms with Gasteiger partial charge in [0, 0.05) is 25.4 Å². The topological polar surface area (TPSA) is 36.4 Å². The van der Waals surface area contributed by atoms with Crippen molar-refractivity contribution in [2.75, 3.05) is 25.9 Å². The van der Waals surface area contributed by atoms with Crippen LogP contribution in [-0.4, -0.2) is 37.1 Å². The molecule has 0 bridgehead atoms. The van der Waals surface area contributed by atoms with E-state index in [-0.39, 0.29) is 24.0 Å². The molecule has 0 aromatic carbocycles. The minimum absolute atomic E-state index is 0. The van der Waals surface area contributed by atoms with Gasteiger partial charge in [-0.1, -0.05) is 20.8 Å². The van der Waals surface area contributed by atoms with Crippen molar-refractivity contribution >= 4 is 41.7 Å². The second-order valence-corrected chi connectivity index (χ2v) is 7.59. The summed E-state index contributed by atoms with van der Waals surface area (Å²) in [6.07, 6.45) is 5.16. The van der Waals surface area contributed by atoms with Crippen molar-refractivity contribution in [2.45, 2.75) is 51.7 Å². The molecule has 1 saturated heterocycles. The molecule has 0 saturated carbocycles. The standard InChI is InChI=1S/C14H29N3S.HI/c1-14(2,3)8-6-9-16-13(15-4)17-11-12-7-5-10-18-12;/h12H,5-11H2,1-4H3,(H2,15,16,17);1H. The predicted molar refractivity (Wildman–Crippen MR) is 98.9 cm³/mol. The van der Waals surface area contributed by atoms with E-state index < -0.39 is 0 Å². The largest absolute Gasteiger partial charge is 0.356 e. The lowest BCUT2D eigenvalue weighted by Gasteiger charge is -2.19. The molecule has 0 spiro atoms. The van der Waals surface area contributed by atoms with E-state index in [0.29, 0.717) is 5.41 Å². The fourth-order valence-corrected chi connectivity index (χ4v) is 3.26. The van der Waals surface area contributed by atoms with Crippen LogP contribution in [0.2, 0.25) is 0 Å². The average Bonchev–Trinajstić information content (AvgIpc) is 2.79. The molecular formula is C14H30IN3S. The number of nitrogens with zero attached hydrogens (tertiary/aromatic N) is 1. The summed E-state index contributed by atoms with van der Waals surface area (Å²) in [6.45, 7) is 8.92. The molecule has 1 atom stereocenters. The first kappa shape index (κ1) is 19.4. The van der Waals surface area contributed by atoms with Crippen molar-refractivity contribution < 1.29 is 0 Å². The minimum atomic E-state index is 0.